The highest BCUT2D eigenvalue weighted by atomic mass is 16.4. The van der Waals surface area contributed by atoms with E-state index < -0.39 is 29.9 Å². The van der Waals surface area contributed by atoms with Crippen molar-refractivity contribution in [3.05, 3.63) is 36.5 Å². The first-order valence-electron chi connectivity index (χ1n) is 28.6. The third kappa shape index (κ3) is 68.9. The zero-order valence-corrected chi connectivity index (χ0v) is 45.0. The predicted octanol–water partition coefficient (Wildman–Crippen LogP) is 17.7. The number of unbranched alkanes of at least 4 members (excludes halogenated alkanes) is 33. The van der Waals surface area contributed by atoms with Crippen LogP contribution in [0.15, 0.2) is 36.5 Å². The molecule has 69 heavy (non-hydrogen) atoms. The van der Waals surface area contributed by atoms with Crippen LogP contribution in [0.25, 0.3) is 0 Å². The van der Waals surface area contributed by atoms with Crippen molar-refractivity contribution in [3.63, 3.8) is 0 Å². The average Bonchev–Trinajstić information content (AvgIpc) is 3.77. The molecule has 0 aromatic carbocycles. The summed E-state index contributed by atoms with van der Waals surface area (Å²) in [6, 6.07) is -0.641. The summed E-state index contributed by atoms with van der Waals surface area (Å²) < 4.78 is 0. The van der Waals surface area contributed by atoms with Gasteiger partial charge in [-0.3, -0.25) is 19.2 Å². The Labute approximate surface area is 423 Å². The molecule has 5 N–H and O–H groups in total. The fourth-order valence-electron chi connectivity index (χ4n) is 7.84. The Morgan fingerprint density at radius 2 is 0.594 bits per heavy atom. The molecular formula is C59H109NO9. The highest BCUT2D eigenvalue weighted by Crippen LogP contribution is 2.13. The van der Waals surface area contributed by atoms with Crippen LogP contribution in [0.5, 0.6) is 0 Å². The lowest BCUT2D eigenvalue weighted by Gasteiger charge is -1.99. The van der Waals surface area contributed by atoms with E-state index in [1.807, 2.05) is 0 Å². The van der Waals surface area contributed by atoms with E-state index >= 15 is 0 Å². The van der Waals surface area contributed by atoms with E-state index in [0.717, 1.165) is 38.5 Å². The van der Waals surface area contributed by atoms with E-state index in [2.05, 4.69) is 62.5 Å². The number of hydrogen-bond acceptors (Lipinski definition) is 5. The van der Waals surface area contributed by atoms with Gasteiger partial charge in [0.2, 0.25) is 5.91 Å². The van der Waals surface area contributed by atoms with Crippen molar-refractivity contribution in [2.75, 3.05) is 0 Å². The zero-order chi connectivity index (χ0) is 51.5. The lowest BCUT2D eigenvalue weighted by molar-refractivity contribution is -0.140. The van der Waals surface area contributed by atoms with Gasteiger partial charge in [0, 0.05) is 25.7 Å². The topological polar surface area (TPSA) is 178 Å². The van der Waals surface area contributed by atoms with E-state index in [-0.39, 0.29) is 5.91 Å². The minimum Gasteiger partial charge on any atom is -0.481 e. The third-order valence-corrected chi connectivity index (χ3v) is 12.3. The summed E-state index contributed by atoms with van der Waals surface area (Å²) in [5, 5.41) is 36.2. The first kappa shape index (κ1) is 69.8. The predicted molar refractivity (Wildman–Crippen MR) is 290 cm³/mol. The second-order valence-corrected chi connectivity index (χ2v) is 19.2. The second kappa shape index (κ2) is 60.7. The number of amides is 1. The number of carbonyl (C=O) groups excluding carboxylic acids is 1. The Balaban J connectivity index is -0.000000867. The normalized spacial score (nSPS) is 13.1. The molecule has 1 aliphatic heterocycles. The van der Waals surface area contributed by atoms with Gasteiger partial charge >= 0.3 is 23.9 Å². The Morgan fingerprint density at radius 3 is 0.768 bits per heavy atom. The van der Waals surface area contributed by atoms with E-state index in [1.165, 1.54) is 212 Å². The number of nitrogens with one attached hydrogen (secondary N) is 1. The third-order valence-electron chi connectivity index (χ3n) is 12.3. The molecule has 1 aliphatic rings. The molecule has 10 nitrogen and oxygen atoms in total. The Hall–Kier alpha value is -3.43. The smallest absolute Gasteiger partial charge is 0.326 e. The molecule has 0 aromatic rings. The number of aliphatic carboxylic acids is 4. The molecule has 0 bridgehead atoms. The van der Waals surface area contributed by atoms with Gasteiger partial charge < -0.3 is 25.7 Å². The molecule has 0 aromatic heterocycles. The van der Waals surface area contributed by atoms with Gasteiger partial charge in [-0.05, 0) is 103 Å². The summed E-state index contributed by atoms with van der Waals surface area (Å²) >= 11 is 0. The lowest BCUT2D eigenvalue weighted by atomic mass is 10.1. The summed E-state index contributed by atoms with van der Waals surface area (Å²) in [5.41, 5.74) is 0. The fourth-order valence-corrected chi connectivity index (χ4v) is 7.84. The van der Waals surface area contributed by atoms with Crippen LogP contribution in [0.4, 0.5) is 0 Å². The number of hydrogen-bond donors (Lipinski definition) is 5. The van der Waals surface area contributed by atoms with E-state index in [0.29, 0.717) is 32.1 Å². The van der Waals surface area contributed by atoms with E-state index in [4.69, 9.17) is 20.4 Å². The maximum atomic E-state index is 10.4. The highest BCUT2D eigenvalue weighted by Gasteiger charge is 2.26. The SMILES string of the molecule is CCCCCCCC/C=C\CCCCCCCC(=O)O.CCCCCCCC/C=C\CCCCCCCC(=O)O.CCCCCCCC/C=C\CCCCCCCC(=O)O.O=C1CC[C@@H](C(=O)O)N1. The van der Waals surface area contributed by atoms with Gasteiger partial charge in [-0.15, -0.1) is 0 Å². The van der Waals surface area contributed by atoms with E-state index in [1.54, 1.807) is 0 Å². The molecule has 404 valence electrons. The number of allylic oxidation sites excluding steroid dienone is 6. The molecule has 0 saturated carbocycles. The molecule has 1 heterocycles. The average molecular weight is 977 g/mol. The molecule has 1 rings (SSSR count). The quantitative estimate of drug-likeness (QED) is 0.0293. The number of carboxylic acids is 4. The Kier molecular flexibility index (Phi) is 61.4. The summed E-state index contributed by atoms with van der Waals surface area (Å²) in [6.45, 7) is 6.78. The molecular weight excluding hydrogens is 867 g/mol. The van der Waals surface area contributed by atoms with Crippen molar-refractivity contribution >= 4 is 29.8 Å². The maximum absolute atomic E-state index is 10.4. The Morgan fingerprint density at radius 1 is 0.377 bits per heavy atom. The van der Waals surface area contributed by atoms with Gasteiger partial charge in [0.25, 0.3) is 0 Å². The molecule has 1 saturated heterocycles. The van der Waals surface area contributed by atoms with Crippen LogP contribution < -0.4 is 5.32 Å². The molecule has 1 atom stereocenters. The number of rotatable bonds is 46. The van der Waals surface area contributed by atoms with Crippen LogP contribution in [-0.4, -0.2) is 56.3 Å². The largest absolute Gasteiger partial charge is 0.481 e. The minimum atomic E-state index is -0.944. The van der Waals surface area contributed by atoms with Crippen molar-refractivity contribution in [2.24, 2.45) is 0 Å². The summed E-state index contributed by atoms with van der Waals surface area (Å²) in [4.78, 5) is 51.5. The van der Waals surface area contributed by atoms with Crippen LogP contribution in [-0.2, 0) is 24.0 Å². The lowest BCUT2D eigenvalue weighted by Crippen LogP contribution is -2.32. The monoisotopic (exact) mass is 976 g/mol. The van der Waals surface area contributed by atoms with Gasteiger partial charge in [-0.2, -0.15) is 0 Å². The first-order chi connectivity index (χ1) is 33.5. The van der Waals surface area contributed by atoms with Gasteiger partial charge in [0.15, 0.2) is 0 Å². The zero-order valence-electron chi connectivity index (χ0n) is 45.0. The Bertz CT molecular complexity index is 1110. The van der Waals surface area contributed by atoms with Gasteiger partial charge in [-0.25, -0.2) is 4.79 Å². The van der Waals surface area contributed by atoms with Gasteiger partial charge in [-0.1, -0.05) is 211 Å². The summed E-state index contributed by atoms with van der Waals surface area (Å²) in [7, 11) is 0. The highest BCUT2D eigenvalue weighted by molar-refractivity contribution is 5.87. The van der Waals surface area contributed by atoms with Gasteiger partial charge in [0.05, 0.1) is 0 Å². The van der Waals surface area contributed by atoms with Crippen LogP contribution in [0.1, 0.15) is 303 Å². The molecule has 1 amide bonds. The van der Waals surface area contributed by atoms with Crippen molar-refractivity contribution < 1.29 is 44.4 Å². The van der Waals surface area contributed by atoms with Crippen LogP contribution >= 0.6 is 0 Å². The number of carbonyl (C=O) groups is 5. The minimum absolute atomic E-state index is 0.164. The molecule has 0 radical (unpaired) electrons. The molecule has 0 spiro atoms. The maximum Gasteiger partial charge on any atom is 0.326 e. The number of carboxylic acid groups (broad SMARTS) is 4. The van der Waals surface area contributed by atoms with Crippen molar-refractivity contribution in [1.82, 2.24) is 5.32 Å². The fraction of sp³-hybridized carbons (Fsp3) is 0.814. The van der Waals surface area contributed by atoms with Crippen molar-refractivity contribution in [2.45, 2.75) is 309 Å². The summed E-state index contributed by atoms with van der Waals surface area (Å²) in [6.07, 6.45) is 64.5. The molecule has 1 fully saturated rings. The van der Waals surface area contributed by atoms with Crippen LogP contribution in [0, 0.1) is 0 Å². The van der Waals surface area contributed by atoms with Crippen LogP contribution in [0.3, 0.4) is 0 Å². The van der Waals surface area contributed by atoms with E-state index in [9.17, 15) is 24.0 Å². The molecule has 0 aliphatic carbocycles. The first-order valence-corrected chi connectivity index (χ1v) is 28.6. The van der Waals surface area contributed by atoms with Gasteiger partial charge in [0.1, 0.15) is 6.04 Å². The molecule has 10 heteroatoms. The second-order valence-electron chi connectivity index (χ2n) is 19.2. The van der Waals surface area contributed by atoms with Crippen LogP contribution in [0.2, 0.25) is 0 Å². The van der Waals surface area contributed by atoms with Crippen molar-refractivity contribution in [3.8, 4) is 0 Å². The standard InChI is InChI=1S/3C18H34O2.C5H7NO3/c3*1-2-3-4-5-6-7-8-9-10-11-12-13-14-15-16-17-18(19)20;7-4-2-1-3(6-4)5(8)9/h3*9-10H,2-8,11-17H2,1H3,(H,19,20);3H,1-2H2,(H,6,7)(H,8,9)/b3*10-9-;/t;;;3-/m...0/s1. The van der Waals surface area contributed by atoms with Crippen molar-refractivity contribution in [1.29, 1.82) is 0 Å². The summed E-state index contributed by atoms with van der Waals surface area (Å²) in [5.74, 6) is -3.10. The molecule has 0 unspecified atom stereocenters.